The van der Waals surface area contributed by atoms with Gasteiger partial charge < -0.3 is 0 Å². The lowest BCUT2D eigenvalue weighted by Crippen LogP contribution is -2.30. The van der Waals surface area contributed by atoms with Crippen LogP contribution in [-0.4, -0.2) is 19.2 Å². The number of primary sulfonamides is 1. The topological polar surface area (TPSA) is 80.5 Å². The van der Waals surface area contributed by atoms with Gasteiger partial charge in [0.2, 0.25) is 10.0 Å². The van der Waals surface area contributed by atoms with Crippen LogP contribution in [-0.2, 0) is 21.0 Å². The van der Waals surface area contributed by atoms with Crippen molar-refractivity contribution in [3.63, 3.8) is 0 Å². The van der Waals surface area contributed by atoms with Crippen molar-refractivity contribution in [1.82, 2.24) is 0 Å². The van der Waals surface area contributed by atoms with Crippen molar-refractivity contribution in [2.75, 3.05) is 10.8 Å². The quantitative estimate of drug-likeness (QED) is 0.545. The predicted octanol–water partition coefficient (Wildman–Crippen LogP) is 4.84. The Morgan fingerprint density at radius 1 is 0.933 bits per heavy atom. The van der Waals surface area contributed by atoms with Crippen LogP contribution < -0.4 is 9.44 Å². The summed E-state index contributed by atoms with van der Waals surface area (Å²) in [5.41, 5.74) is 2.45. The van der Waals surface area contributed by atoms with E-state index in [1.54, 1.807) is 18.2 Å². The fraction of sp³-hybridized carbons (Fsp3) is 0.182. The summed E-state index contributed by atoms with van der Waals surface area (Å²) in [6.45, 7) is 4.72. The molecule has 0 saturated heterocycles. The number of anilines is 1. The Labute approximate surface area is 185 Å². The second-order valence-corrected chi connectivity index (χ2v) is 10.6. The van der Waals surface area contributed by atoms with Gasteiger partial charge in [-0.2, -0.15) is 0 Å². The van der Waals surface area contributed by atoms with E-state index in [1.165, 1.54) is 12.1 Å². The number of sulfonamides is 1. The first kappa shape index (κ1) is 22.5. The fourth-order valence-electron chi connectivity index (χ4n) is 2.97. The summed E-state index contributed by atoms with van der Waals surface area (Å²) in [5, 5.41) is 5.70. The Morgan fingerprint density at radius 3 is 1.97 bits per heavy atom. The number of hydrogen-bond acceptors (Lipinski definition) is 3. The van der Waals surface area contributed by atoms with Gasteiger partial charge in [-0.05, 0) is 53.4 Å². The molecule has 0 bridgehead atoms. The van der Waals surface area contributed by atoms with E-state index >= 15 is 0 Å². The van der Waals surface area contributed by atoms with Gasteiger partial charge in [-0.1, -0.05) is 61.8 Å². The summed E-state index contributed by atoms with van der Waals surface area (Å²) in [5.74, 6) is 0.293. The summed E-state index contributed by atoms with van der Waals surface area (Å²) in [7, 11) is -5.16. The number of rotatable bonds is 7. The maximum Gasteiger partial charge on any atom is 0.238 e. The van der Waals surface area contributed by atoms with Crippen LogP contribution in [0.15, 0.2) is 82.6 Å². The molecule has 1 atom stereocenters. The maximum atomic E-state index is 13.3. The predicted molar refractivity (Wildman–Crippen MR) is 123 cm³/mol. The number of hydrogen-bond donors (Lipinski definition) is 1. The van der Waals surface area contributed by atoms with Crippen LogP contribution in [0, 0.1) is 5.92 Å². The number of nitrogens with two attached hydrogens (primary N) is 1. The van der Waals surface area contributed by atoms with Gasteiger partial charge in [0.15, 0.2) is 11.0 Å². The van der Waals surface area contributed by atoms with Gasteiger partial charge in [-0.3, -0.25) is 4.31 Å². The van der Waals surface area contributed by atoms with Crippen LogP contribution in [0.1, 0.15) is 13.8 Å². The van der Waals surface area contributed by atoms with Gasteiger partial charge in [0.05, 0.1) is 20.5 Å². The molecule has 30 heavy (non-hydrogen) atoms. The lowest BCUT2D eigenvalue weighted by Gasteiger charge is -2.26. The molecule has 5 nitrogen and oxygen atoms in total. The Balaban J connectivity index is 1.88. The monoisotopic (exact) mass is 462 g/mol. The van der Waals surface area contributed by atoms with Gasteiger partial charge in [-0.15, -0.1) is 0 Å². The first-order valence-corrected chi connectivity index (χ1v) is 12.4. The van der Waals surface area contributed by atoms with Crippen LogP contribution in [0.4, 0.5) is 5.69 Å². The van der Waals surface area contributed by atoms with E-state index in [4.69, 9.17) is 16.7 Å². The third-order valence-electron chi connectivity index (χ3n) is 4.42. The summed E-state index contributed by atoms with van der Waals surface area (Å²) in [6.07, 6.45) is 0. The molecule has 0 amide bonds. The third kappa shape index (κ3) is 5.29. The van der Waals surface area contributed by atoms with E-state index in [2.05, 4.69) is 13.8 Å². The lowest BCUT2D eigenvalue weighted by molar-refractivity contribution is 0.598. The van der Waals surface area contributed by atoms with Crippen LogP contribution in [0.25, 0.3) is 11.1 Å². The molecule has 2 N–H and O–H groups in total. The SMILES string of the molecule is CC(C)CN(c1ccccc1Cl)S(=O)c1ccc(-c2ccc(S(N)(=O)=O)cc2)cc1. The highest BCUT2D eigenvalue weighted by atomic mass is 35.5. The average Bonchev–Trinajstić information content (AvgIpc) is 2.71. The summed E-state index contributed by atoms with van der Waals surface area (Å²) >= 11 is 6.36. The molecular formula is C22H23ClN2O3S2. The Kier molecular flexibility index (Phi) is 6.98. The average molecular weight is 463 g/mol. The Bertz CT molecular complexity index is 1150. The molecule has 0 aliphatic rings. The molecule has 3 aromatic carbocycles. The molecule has 3 rings (SSSR count). The molecule has 0 radical (unpaired) electrons. The van der Waals surface area contributed by atoms with Gasteiger partial charge in [0, 0.05) is 6.54 Å². The molecule has 1 unspecified atom stereocenters. The van der Waals surface area contributed by atoms with Crippen molar-refractivity contribution in [3.8, 4) is 11.1 Å². The zero-order valence-corrected chi connectivity index (χ0v) is 19.0. The molecular weight excluding hydrogens is 440 g/mol. The van der Waals surface area contributed by atoms with E-state index in [-0.39, 0.29) is 4.90 Å². The Hall–Kier alpha value is -2.19. The minimum absolute atomic E-state index is 0.0630. The van der Waals surface area contributed by atoms with Crippen molar-refractivity contribution in [2.24, 2.45) is 11.1 Å². The Morgan fingerprint density at radius 2 is 1.47 bits per heavy atom. The number of para-hydroxylation sites is 1. The van der Waals surface area contributed by atoms with E-state index in [9.17, 15) is 12.6 Å². The summed E-state index contributed by atoms with van der Waals surface area (Å²) in [4.78, 5) is 0.716. The molecule has 0 aliphatic heterocycles. The molecule has 0 aromatic heterocycles. The zero-order valence-electron chi connectivity index (χ0n) is 16.7. The smallest absolute Gasteiger partial charge is 0.238 e. The van der Waals surface area contributed by atoms with Crippen LogP contribution >= 0.6 is 11.6 Å². The van der Waals surface area contributed by atoms with E-state index in [0.717, 1.165) is 16.8 Å². The first-order valence-electron chi connectivity index (χ1n) is 9.34. The van der Waals surface area contributed by atoms with Crippen molar-refractivity contribution in [1.29, 1.82) is 0 Å². The van der Waals surface area contributed by atoms with Crippen LogP contribution in [0.3, 0.4) is 0 Å². The molecule has 0 heterocycles. The molecule has 158 valence electrons. The largest absolute Gasteiger partial charge is 0.286 e. The molecule has 0 spiro atoms. The van der Waals surface area contributed by atoms with Crippen molar-refractivity contribution < 1.29 is 12.6 Å². The molecule has 0 saturated carbocycles. The molecule has 3 aromatic rings. The molecule has 0 aliphatic carbocycles. The van der Waals surface area contributed by atoms with Crippen molar-refractivity contribution in [2.45, 2.75) is 23.6 Å². The first-order chi connectivity index (χ1) is 14.2. The third-order valence-corrected chi connectivity index (χ3v) is 7.09. The zero-order chi connectivity index (χ0) is 21.9. The highest BCUT2D eigenvalue weighted by Gasteiger charge is 2.20. The normalized spacial score (nSPS) is 12.7. The van der Waals surface area contributed by atoms with E-state index in [1.807, 2.05) is 46.8 Å². The fourth-order valence-corrected chi connectivity index (χ4v) is 5.17. The van der Waals surface area contributed by atoms with Crippen LogP contribution in [0.2, 0.25) is 5.02 Å². The number of benzene rings is 3. The minimum atomic E-state index is -3.73. The van der Waals surface area contributed by atoms with Gasteiger partial charge in [0.25, 0.3) is 0 Å². The van der Waals surface area contributed by atoms with Gasteiger partial charge >= 0.3 is 0 Å². The van der Waals surface area contributed by atoms with Crippen molar-refractivity contribution >= 4 is 38.3 Å². The highest BCUT2D eigenvalue weighted by molar-refractivity contribution is 7.89. The second-order valence-electron chi connectivity index (χ2n) is 7.25. The van der Waals surface area contributed by atoms with Gasteiger partial charge in [0.1, 0.15) is 0 Å². The second kappa shape index (κ2) is 9.31. The van der Waals surface area contributed by atoms with E-state index in [0.29, 0.717) is 22.4 Å². The number of nitrogens with zero attached hydrogens (tertiary/aromatic N) is 1. The summed E-state index contributed by atoms with van der Waals surface area (Å²) < 4.78 is 38.0. The molecule has 0 fully saturated rings. The highest BCUT2D eigenvalue weighted by Crippen LogP contribution is 2.30. The van der Waals surface area contributed by atoms with Crippen molar-refractivity contribution in [3.05, 3.63) is 77.8 Å². The standard InChI is InChI=1S/C22H23ClN2O3S2/c1-16(2)15-25(22-6-4-3-5-21(22)23)29(26)19-11-7-17(8-12-19)18-9-13-20(14-10-18)30(24,27)28/h3-14,16H,15H2,1-2H3,(H2,24,27,28). The maximum absolute atomic E-state index is 13.3. The van der Waals surface area contributed by atoms with Crippen LogP contribution in [0.5, 0.6) is 0 Å². The summed E-state index contributed by atoms with van der Waals surface area (Å²) in [6, 6.07) is 21.0. The van der Waals surface area contributed by atoms with E-state index < -0.39 is 21.0 Å². The minimum Gasteiger partial charge on any atom is -0.286 e. The molecule has 8 heteroatoms. The number of halogens is 1. The van der Waals surface area contributed by atoms with Gasteiger partial charge in [-0.25, -0.2) is 17.8 Å². The lowest BCUT2D eigenvalue weighted by atomic mass is 10.1.